The number of ether oxygens (including phenoxy) is 1. The van der Waals surface area contributed by atoms with Gasteiger partial charge in [0, 0.05) is 16.8 Å². The molecule has 0 aliphatic carbocycles. The van der Waals surface area contributed by atoms with E-state index in [0.717, 1.165) is 22.3 Å². The molecule has 0 radical (unpaired) electrons. The summed E-state index contributed by atoms with van der Waals surface area (Å²) in [5.41, 5.74) is 3.85. The van der Waals surface area contributed by atoms with Crippen LogP contribution in [0.1, 0.15) is 11.5 Å². The molecule has 0 unspecified atom stereocenters. The van der Waals surface area contributed by atoms with E-state index in [1.54, 1.807) is 29.2 Å². The zero-order valence-electron chi connectivity index (χ0n) is 14.2. The maximum atomic E-state index is 6.18. The number of para-hydroxylation sites is 2. The minimum absolute atomic E-state index is 0.267. The Kier molecular flexibility index (Phi) is 5.72. The lowest BCUT2D eigenvalue weighted by Gasteiger charge is -2.11. The van der Waals surface area contributed by atoms with Crippen LogP contribution in [0, 0.1) is 0 Å². The van der Waals surface area contributed by atoms with Gasteiger partial charge in [-0.05, 0) is 24.3 Å². The molecule has 4 rings (SSSR count). The lowest BCUT2D eigenvalue weighted by molar-refractivity contribution is 0.293. The number of aromatic nitrogens is 4. The number of hydrogen-bond donors (Lipinski definition) is 0. The lowest BCUT2D eigenvalue weighted by Crippen LogP contribution is -2.06. The summed E-state index contributed by atoms with van der Waals surface area (Å²) in [6.45, 7) is 0.267. The summed E-state index contributed by atoms with van der Waals surface area (Å²) >= 11 is 9.37. The van der Waals surface area contributed by atoms with E-state index in [1.165, 1.54) is 0 Å². The highest BCUT2D eigenvalue weighted by atomic mass is 35.5. The van der Waals surface area contributed by atoms with Gasteiger partial charge in [-0.25, -0.2) is 4.98 Å². The zero-order chi connectivity index (χ0) is 18.5. The van der Waals surface area contributed by atoms with Gasteiger partial charge < -0.3 is 4.74 Å². The number of thioether (sulfide) groups is 1. The van der Waals surface area contributed by atoms with Gasteiger partial charge in [-0.3, -0.25) is 4.57 Å². The third-order valence-electron chi connectivity index (χ3n) is 3.74. The molecule has 0 aliphatic heterocycles. The van der Waals surface area contributed by atoms with Gasteiger partial charge >= 0.3 is 0 Å². The Morgan fingerprint density at radius 1 is 1.04 bits per heavy atom. The highest BCUT2D eigenvalue weighted by molar-refractivity contribution is 7.98. The summed E-state index contributed by atoms with van der Waals surface area (Å²) in [7, 11) is 0. The molecule has 0 spiro atoms. The smallest absolute Gasteiger partial charge is 0.196 e. The van der Waals surface area contributed by atoms with Crippen molar-refractivity contribution in [3.05, 3.63) is 82.0 Å². The van der Waals surface area contributed by atoms with E-state index in [0.29, 0.717) is 16.6 Å². The second kappa shape index (κ2) is 8.56. The molecule has 0 atom stereocenters. The van der Waals surface area contributed by atoms with Crippen molar-refractivity contribution in [3.63, 3.8) is 0 Å². The molecule has 0 N–H and O–H groups in total. The van der Waals surface area contributed by atoms with E-state index in [1.807, 2.05) is 64.0 Å². The predicted molar refractivity (Wildman–Crippen MR) is 109 cm³/mol. The van der Waals surface area contributed by atoms with Crippen LogP contribution >= 0.6 is 34.7 Å². The Balaban J connectivity index is 1.60. The van der Waals surface area contributed by atoms with E-state index in [2.05, 4.69) is 15.2 Å². The van der Waals surface area contributed by atoms with Gasteiger partial charge in [0.25, 0.3) is 0 Å². The summed E-state index contributed by atoms with van der Waals surface area (Å²) in [6.07, 6.45) is 0. The molecule has 0 amide bonds. The molecule has 2 heterocycles. The number of hydrogen-bond acceptors (Lipinski definition) is 6. The first-order chi connectivity index (χ1) is 13.3. The molecule has 4 aromatic rings. The van der Waals surface area contributed by atoms with Crippen LogP contribution in [0.2, 0.25) is 5.02 Å². The fourth-order valence-electron chi connectivity index (χ4n) is 2.48. The van der Waals surface area contributed by atoms with Gasteiger partial charge in [0.1, 0.15) is 12.4 Å². The zero-order valence-corrected chi connectivity index (χ0v) is 16.5. The first-order valence-corrected chi connectivity index (χ1v) is 10.5. The van der Waals surface area contributed by atoms with Crippen molar-refractivity contribution < 1.29 is 4.74 Å². The third-order valence-corrected chi connectivity index (χ3v) is 5.65. The quantitative estimate of drug-likeness (QED) is 0.386. The van der Waals surface area contributed by atoms with E-state index >= 15 is 0 Å². The topological polar surface area (TPSA) is 52.8 Å². The first kappa shape index (κ1) is 18.0. The number of rotatable bonds is 7. The van der Waals surface area contributed by atoms with E-state index in [4.69, 9.17) is 16.3 Å². The van der Waals surface area contributed by atoms with Crippen LogP contribution in [0.15, 0.2) is 70.6 Å². The van der Waals surface area contributed by atoms with Crippen molar-refractivity contribution in [2.45, 2.75) is 17.5 Å². The first-order valence-electron chi connectivity index (χ1n) is 8.18. The molecule has 0 fully saturated rings. The Morgan fingerprint density at radius 3 is 2.63 bits per heavy atom. The number of halogens is 1. The summed E-state index contributed by atoms with van der Waals surface area (Å²) in [5, 5.41) is 12.1. The van der Waals surface area contributed by atoms with Gasteiger partial charge in [0.05, 0.1) is 16.2 Å². The number of nitrogens with zero attached hydrogens (tertiary/aromatic N) is 4. The molecule has 0 aliphatic rings. The summed E-state index contributed by atoms with van der Waals surface area (Å²) in [6, 6.07) is 17.4. The largest absolute Gasteiger partial charge is 0.484 e. The predicted octanol–water partition coefficient (Wildman–Crippen LogP) is 5.25. The average Bonchev–Trinajstić information content (AvgIpc) is 3.36. The standard InChI is InChI=1S/C19H15ClN4OS2/c20-16-8-4-5-9-17(16)25-10-18-22-23-19(27-12-14-11-26-13-21-14)24(18)15-6-2-1-3-7-15/h1-9,11,13H,10,12H2. The minimum Gasteiger partial charge on any atom is -0.484 e. The van der Waals surface area contributed by atoms with E-state index in [9.17, 15) is 0 Å². The Morgan fingerprint density at radius 2 is 1.85 bits per heavy atom. The molecule has 27 heavy (non-hydrogen) atoms. The fourth-order valence-corrected chi connectivity index (χ4v) is 4.20. The van der Waals surface area contributed by atoms with Crippen molar-refractivity contribution in [2.75, 3.05) is 0 Å². The molecular weight excluding hydrogens is 400 g/mol. The van der Waals surface area contributed by atoms with Crippen molar-refractivity contribution in [2.24, 2.45) is 0 Å². The van der Waals surface area contributed by atoms with Gasteiger partial charge in [0.15, 0.2) is 11.0 Å². The molecule has 2 aromatic heterocycles. The lowest BCUT2D eigenvalue weighted by atomic mass is 10.3. The second-order valence-corrected chi connectivity index (χ2v) is 7.63. The number of thiazole rings is 1. The molecular formula is C19H15ClN4OS2. The van der Waals surface area contributed by atoms with E-state index < -0.39 is 0 Å². The molecule has 136 valence electrons. The van der Waals surface area contributed by atoms with Crippen molar-refractivity contribution in [3.8, 4) is 11.4 Å². The molecule has 0 bridgehead atoms. The summed E-state index contributed by atoms with van der Waals surface area (Å²) in [5.74, 6) is 2.07. The Bertz CT molecular complexity index is 1010. The SMILES string of the molecule is Clc1ccccc1OCc1nnc(SCc2cscn2)n1-c1ccccc1. The molecule has 0 saturated heterocycles. The van der Waals surface area contributed by atoms with Crippen LogP contribution in [0.4, 0.5) is 0 Å². The van der Waals surface area contributed by atoms with Crippen LogP contribution in [0.3, 0.4) is 0 Å². The molecule has 5 nitrogen and oxygen atoms in total. The van der Waals surface area contributed by atoms with Crippen LogP contribution in [0.5, 0.6) is 5.75 Å². The van der Waals surface area contributed by atoms with Gasteiger partial charge in [-0.1, -0.05) is 53.7 Å². The maximum Gasteiger partial charge on any atom is 0.196 e. The Hall–Kier alpha value is -2.35. The highest BCUT2D eigenvalue weighted by Crippen LogP contribution is 2.27. The highest BCUT2D eigenvalue weighted by Gasteiger charge is 2.16. The normalized spacial score (nSPS) is 10.9. The molecule has 2 aromatic carbocycles. The third kappa shape index (κ3) is 4.32. The van der Waals surface area contributed by atoms with Crippen molar-refractivity contribution in [1.82, 2.24) is 19.7 Å². The monoisotopic (exact) mass is 414 g/mol. The Labute approximate surface area is 170 Å². The maximum absolute atomic E-state index is 6.18. The minimum atomic E-state index is 0.267. The van der Waals surface area contributed by atoms with Gasteiger partial charge in [-0.15, -0.1) is 21.5 Å². The summed E-state index contributed by atoms with van der Waals surface area (Å²) in [4.78, 5) is 4.33. The number of benzene rings is 2. The molecule has 8 heteroatoms. The van der Waals surface area contributed by atoms with Crippen molar-refractivity contribution in [1.29, 1.82) is 0 Å². The van der Waals surface area contributed by atoms with Gasteiger partial charge in [-0.2, -0.15) is 0 Å². The van der Waals surface area contributed by atoms with Crippen LogP contribution < -0.4 is 4.74 Å². The average molecular weight is 415 g/mol. The molecule has 0 saturated carbocycles. The van der Waals surface area contributed by atoms with E-state index in [-0.39, 0.29) is 6.61 Å². The summed E-state index contributed by atoms with van der Waals surface area (Å²) < 4.78 is 7.88. The van der Waals surface area contributed by atoms with Crippen LogP contribution in [-0.2, 0) is 12.4 Å². The second-order valence-electron chi connectivity index (χ2n) is 5.56. The van der Waals surface area contributed by atoms with Crippen molar-refractivity contribution >= 4 is 34.7 Å². The fraction of sp³-hybridized carbons (Fsp3) is 0.105. The van der Waals surface area contributed by atoms with Gasteiger partial charge in [0.2, 0.25) is 0 Å². The van der Waals surface area contributed by atoms with Crippen LogP contribution in [-0.4, -0.2) is 19.7 Å². The van der Waals surface area contributed by atoms with Crippen LogP contribution in [0.25, 0.3) is 5.69 Å².